The first kappa shape index (κ1) is 13.7. The summed E-state index contributed by atoms with van der Waals surface area (Å²) in [5, 5.41) is 3.27. The molecule has 0 atom stereocenters. The van der Waals surface area contributed by atoms with Gasteiger partial charge in [0.1, 0.15) is 17.5 Å². The second-order valence-corrected chi connectivity index (χ2v) is 3.78. The minimum Gasteiger partial charge on any atom is -0.369 e. The summed E-state index contributed by atoms with van der Waals surface area (Å²) >= 11 is 0. The van der Waals surface area contributed by atoms with Gasteiger partial charge in [0.25, 0.3) is 0 Å². The molecular formula is C11H22N6. The highest BCUT2D eigenvalue weighted by Crippen LogP contribution is 2.09. The SMILES string of the molecule is CCN(CC)CCNc1cc(NN)nc(C)n1. The van der Waals surface area contributed by atoms with E-state index in [-0.39, 0.29) is 0 Å². The van der Waals surface area contributed by atoms with Crippen molar-refractivity contribution in [2.24, 2.45) is 5.84 Å². The second-order valence-electron chi connectivity index (χ2n) is 3.78. The molecule has 17 heavy (non-hydrogen) atoms. The van der Waals surface area contributed by atoms with Crippen molar-refractivity contribution in [1.82, 2.24) is 14.9 Å². The molecule has 0 bridgehead atoms. The Morgan fingerprint density at radius 3 is 2.47 bits per heavy atom. The molecule has 0 spiro atoms. The number of rotatable bonds is 7. The van der Waals surface area contributed by atoms with Crippen LogP contribution in [0.15, 0.2) is 6.07 Å². The van der Waals surface area contributed by atoms with Crippen LogP contribution in [0.4, 0.5) is 11.6 Å². The van der Waals surface area contributed by atoms with E-state index in [4.69, 9.17) is 5.84 Å². The molecule has 0 radical (unpaired) electrons. The predicted molar refractivity (Wildman–Crippen MR) is 70.9 cm³/mol. The van der Waals surface area contributed by atoms with Gasteiger partial charge in [0.2, 0.25) is 0 Å². The highest BCUT2D eigenvalue weighted by atomic mass is 15.3. The number of aromatic nitrogens is 2. The molecule has 0 aliphatic heterocycles. The van der Waals surface area contributed by atoms with Gasteiger partial charge < -0.3 is 15.6 Å². The monoisotopic (exact) mass is 238 g/mol. The lowest BCUT2D eigenvalue weighted by Gasteiger charge is -2.18. The van der Waals surface area contributed by atoms with Crippen molar-refractivity contribution in [2.45, 2.75) is 20.8 Å². The van der Waals surface area contributed by atoms with Gasteiger partial charge in [0.15, 0.2) is 0 Å². The number of nitrogens with one attached hydrogen (secondary N) is 2. The number of anilines is 2. The number of nitrogens with two attached hydrogens (primary N) is 1. The van der Waals surface area contributed by atoms with Crippen LogP contribution in [0.2, 0.25) is 0 Å². The third-order valence-electron chi connectivity index (χ3n) is 2.61. The predicted octanol–water partition coefficient (Wildman–Crippen LogP) is 0.824. The van der Waals surface area contributed by atoms with Gasteiger partial charge in [-0.05, 0) is 20.0 Å². The van der Waals surface area contributed by atoms with Gasteiger partial charge in [-0.2, -0.15) is 0 Å². The smallest absolute Gasteiger partial charge is 0.145 e. The van der Waals surface area contributed by atoms with Crippen LogP contribution in [0.1, 0.15) is 19.7 Å². The van der Waals surface area contributed by atoms with Crippen LogP contribution in [0.3, 0.4) is 0 Å². The fraction of sp³-hybridized carbons (Fsp3) is 0.636. The fourth-order valence-corrected chi connectivity index (χ4v) is 1.61. The van der Waals surface area contributed by atoms with Gasteiger partial charge in [-0.25, -0.2) is 15.8 Å². The number of nitrogens with zero attached hydrogens (tertiary/aromatic N) is 3. The summed E-state index contributed by atoms with van der Waals surface area (Å²) in [4.78, 5) is 10.8. The maximum atomic E-state index is 5.33. The molecule has 0 unspecified atom stereocenters. The van der Waals surface area contributed by atoms with Crippen LogP contribution in [0.25, 0.3) is 0 Å². The minimum absolute atomic E-state index is 0.628. The molecule has 1 aromatic heterocycles. The van der Waals surface area contributed by atoms with Gasteiger partial charge in [-0.3, -0.25) is 0 Å². The Morgan fingerprint density at radius 1 is 1.24 bits per heavy atom. The van der Waals surface area contributed by atoms with Crippen LogP contribution in [-0.4, -0.2) is 41.0 Å². The van der Waals surface area contributed by atoms with E-state index in [1.165, 1.54) is 0 Å². The minimum atomic E-state index is 0.628. The highest BCUT2D eigenvalue weighted by molar-refractivity contribution is 5.46. The van der Waals surface area contributed by atoms with E-state index in [2.05, 4.69) is 39.5 Å². The van der Waals surface area contributed by atoms with Crippen LogP contribution >= 0.6 is 0 Å². The first-order chi connectivity index (χ1) is 8.19. The summed E-state index contributed by atoms with van der Waals surface area (Å²) in [6, 6.07) is 1.80. The Hall–Kier alpha value is -1.40. The number of hydrogen-bond donors (Lipinski definition) is 3. The fourth-order valence-electron chi connectivity index (χ4n) is 1.61. The average molecular weight is 238 g/mol. The second kappa shape index (κ2) is 7.03. The summed E-state index contributed by atoms with van der Waals surface area (Å²) in [7, 11) is 0. The average Bonchev–Trinajstić information content (AvgIpc) is 2.34. The van der Waals surface area contributed by atoms with Crippen LogP contribution in [0, 0.1) is 6.92 Å². The molecule has 0 aliphatic rings. The topological polar surface area (TPSA) is 79.1 Å². The Labute approximate surface area is 103 Å². The Bertz CT molecular complexity index is 337. The van der Waals surface area contributed by atoms with Gasteiger partial charge in [0, 0.05) is 19.2 Å². The molecular weight excluding hydrogens is 216 g/mol. The molecule has 4 N–H and O–H groups in total. The van der Waals surface area contributed by atoms with E-state index in [1.54, 1.807) is 6.07 Å². The molecule has 0 amide bonds. The standard InChI is InChI=1S/C11H22N6/c1-4-17(5-2)7-6-13-10-8-11(16-12)15-9(3)14-10/h8H,4-7,12H2,1-3H3,(H2,13,14,15,16). The summed E-state index contributed by atoms with van der Waals surface area (Å²) in [6.07, 6.45) is 0. The van der Waals surface area contributed by atoms with Crippen molar-refractivity contribution >= 4 is 11.6 Å². The van der Waals surface area contributed by atoms with Crippen molar-refractivity contribution in [1.29, 1.82) is 0 Å². The normalized spacial score (nSPS) is 10.6. The summed E-state index contributed by atoms with van der Waals surface area (Å²) < 4.78 is 0. The molecule has 0 aliphatic carbocycles. The summed E-state index contributed by atoms with van der Waals surface area (Å²) in [5.41, 5.74) is 2.53. The molecule has 1 rings (SSSR count). The Morgan fingerprint density at radius 2 is 1.88 bits per heavy atom. The zero-order valence-corrected chi connectivity index (χ0v) is 10.8. The molecule has 6 heteroatoms. The lowest BCUT2D eigenvalue weighted by molar-refractivity contribution is 0.316. The van der Waals surface area contributed by atoms with E-state index < -0.39 is 0 Å². The van der Waals surface area contributed by atoms with Crippen molar-refractivity contribution in [3.05, 3.63) is 11.9 Å². The van der Waals surface area contributed by atoms with Crippen molar-refractivity contribution in [2.75, 3.05) is 36.9 Å². The molecule has 0 aromatic carbocycles. The first-order valence-corrected chi connectivity index (χ1v) is 5.98. The van der Waals surface area contributed by atoms with Crippen molar-refractivity contribution < 1.29 is 0 Å². The Balaban J connectivity index is 2.48. The molecule has 0 saturated carbocycles. The number of nitrogen functional groups attached to an aromatic ring is 1. The number of aryl methyl sites for hydroxylation is 1. The van der Waals surface area contributed by atoms with E-state index in [1.807, 2.05) is 6.92 Å². The van der Waals surface area contributed by atoms with E-state index >= 15 is 0 Å². The van der Waals surface area contributed by atoms with E-state index in [9.17, 15) is 0 Å². The van der Waals surface area contributed by atoms with Gasteiger partial charge >= 0.3 is 0 Å². The third kappa shape index (κ3) is 4.54. The lowest BCUT2D eigenvalue weighted by Crippen LogP contribution is -2.28. The zero-order valence-electron chi connectivity index (χ0n) is 10.8. The maximum absolute atomic E-state index is 5.33. The molecule has 0 fully saturated rings. The maximum Gasteiger partial charge on any atom is 0.145 e. The van der Waals surface area contributed by atoms with E-state index in [0.717, 1.165) is 32.0 Å². The van der Waals surface area contributed by atoms with E-state index in [0.29, 0.717) is 11.6 Å². The van der Waals surface area contributed by atoms with Gasteiger partial charge in [0.05, 0.1) is 0 Å². The van der Waals surface area contributed by atoms with Crippen LogP contribution in [-0.2, 0) is 0 Å². The summed E-state index contributed by atoms with van der Waals surface area (Å²) in [5.74, 6) is 7.46. The quantitative estimate of drug-likeness (QED) is 0.482. The summed E-state index contributed by atoms with van der Waals surface area (Å²) in [6.45, 7) is 10.2. The number of likely N-dealkylation sites (N-methyl/N-ethyl adjacent to an activating group) is 1. The van der Waals surface area contributed by atoms with Gasteiger partial charge in [-0.15, -0.1) is 0 Å². The molecule has 0 saturated heterocycles. The Kier molecular flexibility index (Phi) is 5.65. The molecule has 6 nitrogen and oxygen atoms in total. The molecule has 1 aromatic rings. The number of hydrazine groups is 1. The molecule has 1 heterocycles. The van der Waals surface area contributed by atoms with Crippen LogP contribution < -0.4 is 16.6 Å². The van der Waals surface area contributed by atoms with Crippen LogP contribution in [0.5, 0.6) is 0 Å². The largest absolute Gasteiger partial charge is 0.369 e. The molecule has 96 valence electrons. The number of hydrogen-bond acceptors (Lipinski definition) is 6. The third-order valence-corrected chi connectivity index (χ3v) is 2.61. The highest BCUT2D eigenvalue weighted by Gasteiger charge is 2.01. The van der Waals surface area contributed by atoms with Crippen molar-refractivity contribution in [3.63, 3.8) is 0 Å². The van der Waals surface area contributed by atoms with Crippen molar-refractivity contribution in [3.8, 4) is 0 Å². The van der Waals surface area contributed by atoms with Gasteiger partial charge in [-0.1, -0.05) is 13.8 Å². The lowest BCUT2D eigenvalue weighted by atomic mass is 10.4. The first-order valence-electron chi connectivity index (χ1n) is 5.98. The zero-order chi connectivity index (χ0) is 12.7.